The highest BCUT2D eigenvalue weighted by Gasteiger charge is 2.14. The lowest BCUT2D eigenvalue weighted by Crippen LogP contribution is -2.37. The van der Waals surface area contributed by atoms with E-state index in [1.807, 2.05) is 6.92 Å². The summed E-state index contributed by atoms with van der Waals surface area (Å²) < 4.78 is 0. The van der Waals surface area contributed by atoms with Crippen molar-refractivity contribution in [3.63, 3.8) is 0 Å². The normalized spacial score (nSPS) is 9.10. The van der Waals surface area contributed by atoms with E-state index in [0.717, 1.165) is 0 Å². The first kappa shape index (κ1) is 16.2. The lowest BCUT2D eigenvalue weighted by atomic mass is 9.91. The Bertz CT molecular complexity index is 95.4. The molecule has 0 N–H and O–H groups in total. The van der Waals surface area contributed by atoms with Gasteiger partial charge in [-0.25, -0.2) is 0 Å². The van der Waals surface area contributed by atoms with Crippen molar-refractivity contribution in [2.75, 3.05) is 0 Å². The molecule has 0 amide bonds. The second-order valence-electron chi connectivity index (χ2n) is 2.52. The Morgan fingerprint density at radius 2 is 1.70 bits per heavy atom. The maximum absolute atomic E-state index is 10.1. The van der Waals surface area contributed by atoms with Crippen LogP contribution in [0.3, 0.4) is 0 Å². The molecule has 0 aromatic rings. The van der Waals surface area contributed by atoms with Gasteiger partial charge < -0.3 is 9.90 Å². The Morgan fingerprint density at radius 1 is 1.40 bits per heavy atom. The fourth-order valence-electron chi connectivity index (χ4n) is 0.144. The number of rotatable bonds is 2. The molecule has 0 aliphatic carbocycles. The molecule has 2 nitrogen and oxygen atoms in total. The van der Waals surface area contributed by atoms with Gasteiger partial charge in [0.25, 0.3) is 0 Å². The highest BCUT2D eigenvalue weighted by atomic mass is 16.4. The smallest absolute Gasteiger partial charge is 0.0470 e. The van der Waals surface area contributed by atoms with Crippen molar-refractivity contribution in [1.82, 2.24) is 0 Å². The van der Waals surface area contributed by atoms with E-state index >= 15 is 0 Å². The van der Waals surface area contributed by atoms with E-state index < -0.39 is 11.4 Å². The van der Waals surface area contributed by atoms with Gasteiger partial charge in [-0.05, 0) is 6.42 Å². The Balaban J connectivity index is -0.000000245. The van der Waals surface area contributed by atoms with Crippen LogP contribution in [-0.4, -0.2) is 5.97 Å². The number of carbonyl (C=O) groups is 1. The molecule has 0 aromatic heterocycles. The van der Waals surface area contributed by atoms with Gasteiger partial charge in [0, 0.05) is 11.4 Å². The molecule has 0 fully saturated rings. The van der Waals surface area contributed by atoms with E-state index in [2.05, 4.69) is 0 Å². The van der Waals surface area contributed by atoms with Gasteiger partial charge in [0.2, 0.25) is 0 Å². The minimum absolute atomic E-state index is 0. The molecule has 0 unspecified atom stereocenters. The van der Waals surface area contributed by atoms with Gasteiger partial charge in [0.05, 0.1) is 0 Å². The molecule has 0 atom stereocenters. The molecule has 0 aromatic carbocycles. The van der Waals surface area contributed by atoms with Gasteiger partial charge in [0.15, 0.2) is 0 Å². The third-order valence-electron chi connectivity index (χ3n) is 1.44. The zero-order chi connectivity index (χ0) is 6.78. The SMILES string of the molecule is C.C.CCC(C)(C)C(=O)[O-]. The van der Waals surface area contributed by atoms with Crippen LogP contribution in [0.2, 0.25) is 0 Å². The zero-order valence-corrected chi connectivity index (χ0v) is 5.52. The van der Waals surface area contributed by atoms with E-state index in [-0.39, 0.29) is 14.9 Å². The summed E-state index contributed by atoms with van der Waals surface area (Å²) in [6.45, 7) is 5.14. The van der Waals surface area contributed by atoms with Gasteiger partial charge in [-0.3, -0.25) is 0 Å². The number of hydrogen-bond donors (Lipinski definition) is 0. The Morgan fingerprint density at radius 3 is 1.70 bits per heavy atom. The lowest BCUT2D eigenvalue weighted by Gasteiger charge is -2.22. The molecular weight excluding hydrogens is 128 g/mol. The summed E-state index contributed by atoms with van der Waals surface area (Å²) in [4.78, 5) is 10.1. The van der Waals surface area contributed by atoms with Crippen molar-refractivity contribution in [1.29, 1.82) is 0 Å². The summed E-state index contributed by atoms with van der Waals surface area (Å²) in [6, 6.07) is 0. The molecule has 0 aliphatic rings. The monoisotopic (exact) mass is 147 g/mol. The lowest BCUT2D eigenvalue weighted by molar-refractivity contribution is -0.317. The third-order valence-corrected chi connectivity index (χ3v) is 1.44. The van der Waals surface area contributed by atoms with Crippen LogP contribution in [0.4, 0.5) is 0 Å². The second-order valence-corrected chi connectivity index (χ2v) is 2.52. The summed E-state index contributed by atoms with van der Waals surface area (Å²) in [7, 11) is 0. The van der Waals surface area contributed by atoms with Crippen molar-refractivity contribution in [2.45, 2.75) is 42.0 Å². The van der Waals surface area contributed by atoms with E-state index in [1.165, 1.54) is 0 Å². The number of carbonyl (C=O) groups excluding carboxylic acids is 1. The predicted octanol–water partition coefficient (Wildman–Crippen LogP) is 1.44. The zero-order valence-electron chi connectivity index (χ0n) is 5.52. The van der Waals surface area contributed by atoms with Crippen LogP contribution in [0.25, 0.3) is 0 Å². The number of hydrogen-bond acceptors (Lipinski definition) is 2. The standard InChI is InChI=1S/C6H12O2.2CH4/c1-4-6(2,3)5(7)8;;/h4H2,1-3H3,(H,7,8);2*1H4/p-1. The van der Waals surface area contributed by atoms with Crippen molar-refractivity contribution >= 4 is 5.97 Å². The summed E-state index contributed by atoms with van der Waals surface area (Å²) in [5.41, 5.74) is -0.653. The first-order chi connectivity index (χ1) is 3.50. The number of aliphatic carboxylic acids is 1. The second kappa shape index (κ2) is 5.27. The van der Waals surface area contributed by atoms with Crippen LogP contribution in [0.1, 0.15) is 42.0 Å². The van der Waals surface area contributed by atoms with Crippen LogP contribution in [0.15, 0.2) is 0 Å². The first-order valence-electron chi connectivity index (χ1n) is 2.72. The van der Waals surface area contributed by atoms with Gasteiger partial charge in [-0.15, -0.1) is 0 Å². The maximum Gasteiger partial charge on any atom is 0.0470 e. The van der Waals surface area contributed by atoms with Crippen LogP contribution in [-0.2, 0) is 4.79 Å². The molecule has 2 heteroatoms. The van der Waals surface area contributed by atoms with Crippen LogP contribution >= 0.6 is 0 Å². The number of carboxylic acids is 1. The minimum atomic E-state index is -0.972. The van der Waals surface area contributed by atoms with Gasteiger partial charge in [0.1, 0.15) is 0 Å². The van der Waals surface area contributed by atoms with Crippen molar-refractivity contribution in [3.05, 3.63) is 0 Å². The summed E-state index contributed by atoms with van der Waals surface area (Å²) in [6.07, 6.45) is 0.620. The average Bonchev–Trinajstić information content (AvgIpc) is 1.67. The largest absolute Gasteiger partial charge is 0.550 e. The highest BCUT2D eigenvalue weighted by molar-refractivity contribution is 5.71. The molecule has 0 radical (unpaired) electrons. The summed E-state index contributed by atoms with van der Waals surface area (Å²) >= 11 is 0. The molecule has 0 saturated heterocycles. The fourth-order valence-corrected chi connectivity index (χ4v) is 0.144. The van der Waals surface area contributed by atoms with Crippen molar-refractivity contribution in [2.24, 2.45) is 5.41 Å². The van der Waals surface area contributed by atoms with Crippen LogP contribution in [0, 0.1) is 5.41 Å². The van der Waals surface area contributed by atoms with Crippen molar-refractivity contribution in [3.8, 4) is 0 Å². The molecule has 0 saturated carbocycles. The van der Waals surface area contributed by atoms with Gasteiger partial charge in [-0.2, -0.15) is 0 Å². The van der Waals surface area contributed by atoms with E-state index in [4.69, 9.17) is 0 Å². The highest BCUT2D eigenvalue weighted by Crippen LogP contribution is 2.17. The molecule has 10 heavy (non-hydrogen) atoms. The quantitative estimate of drug-likeness (QED) is 0.593. The fraction of sp³-hybridized carbons (Fsp3) is 0.875. The molecular formula is C8H19O2-. The molecule has 64 valence electrons. The maximum atomic E-state index is 10.1. The topological polar surface area (TPSA) is 40.1 Å². The Labute approximate surface area is 64.3 Å². The Hall–Kier alpha value is -0.530. The van der Waals surface area contributed by atoms with Gasteiger partial charge in [-0.1, -0.05) is 35.6 Å². The van der Waals surface area contributed by atoms with E-state index in [0.29, 0.717) is 6.42 Å². The average molecular weight is 147 g/mol. The molecule has 0 heterocycles. The molecule has 0 bridgehead atoms. The third kappa shape index (κ3) is 4.36. The summed E-state index contributed by atoms with van der Waals surface area (Å²) in [5.74, 6) is -0.972. The van der Waals surface area contributed by atoms with E-state index in [1.54, 1.807) is 13.8 Å². The Kier molecular flexibility index (Phi) is 8.55. The first-order valence-corrected chi connectivity index (χ1v) is 2.72. The van der Waals surface area contributed by atoms with Crippen LogP contribution in [0.5, 0.6) is 0 Å². The van der Waals surface area contributed by atoms with Crippen molar-refractivity contribution < 1.29 is 9.90 Å². The predicted molar refractivity (Wildman–Crippen MR) is 42.5 cm³/mol. The van der Waals surface area contributed by atoms with Gasteiger partial charge >= 0.3 is 0 Å². The molecule has 0 rings (SSSR count). The number of carboxylic acid groups (broad SMARTS) is 1. The summed E-state index contributed by atoms with van der Waals surface area (Å²) in [5, 5.41) is 10.1. The van der Waals surface area contributed by atoms with Crippen LogP contribution < -0.4 is 5.11 Å². The molecule has 0 spiro atoms. The van der Waals surface area contributed by atoms with E-state index in [9.17, 15) is 9.90 Å². The minimum Gasteiger partial charge on any atom is -0.550 e. The molecule has 0 aliphatic heterocycles.